The van der Waals surface area contributed by atoms with Gasteiger partial charge in [-0.2, -0.15) is 0 Å². The third-order valence-corrected chi connectivity index (χ3v) is 3.29. The zero-order chi connectivity index (χ0) is 10.8. The van der Waals surface area contributed by atoms with Crippen molar-refractivity contribution in [2.45, 2.75) is 20.3 Å². The van der Waals surface area contributed by atoms with E-state index in [9.17, 15) is 4.79 Å². The number of nitrogens with zero attached hydrogens (tertiary/aromatic N) is 1. The minimum Gasteiger partial charge on any atom is -0.322 e. The Morgan fingerprint density at radius 2 is 2.20 bits per heavy atom. The second kappa shape index (κ2) is 4.06. The van der Waals surface area contributed by atoms with Crippen LogP contribution in [0.15, 0.2) is 23.0 Å². The maximum atomic E-state index is 11.7. The Hall–Kier alpha value is -1.29. The topological polar surface area (TPSA) is 34.0 Å². The van der Waals surface area contributed by atoms with Gasteiger partial charge in [0, 0.05) is 6.54 Å². The van der Waals surface area contributed by atoms with Crippen LogP contribution in [0.5, 0.6) is 0 Å². The number of rotatable bonds is 3. The van der Waals surface area contributed by atoms with Gasteiger partial charge >= 0.3 is 4.87 Å². The molecule has 0 bridgehead atoms. The first-order chi connectivity index (χ1) is 7.27. The molecule has 0 fully saturated rings. The zero-order valence-electron chi connectivity index (χ0n) is 8.91. The number of fused-ring (bicyclic) bond motifs is 1. The molecule has 0 amide bonds. The van der Waals surface area contributed by atoms with E-state index in [-0.39, 0.29) is 4.87 Å². The van der Waals surface area contributed by atoms with Crippen molar-refractivity contribution >= 4 is 21.6 Å². The lowest BCUT2D eigenvalue weighted by molar-refractivity contribution is 0.874. The lowest BCUT2D eigenvalue weighted by Gasteiger charge is -2.07. The van der Waals surface area contributed by atoms with E-state index in [2.05, 4.69) is 18.4 Å². The normalized spacial score (nSPS) is 10.8. The van der Waals surface area contributed by atoms with E-state index >= 15 is 0 Å². The smallest absolute Gasteiger partial charge is 0.322 e. The van der Waals surface area contributed by atoms with Crippen molar-refractivity contribution in [3.05, 3.63) is 33.4 Å². The zero-order valence-corrected chi connectivity index (χ0v) is 9.73. The van der Waals surface area contributed by atoms with E-state index in [0.29, 0.717) is 0 Å². The lowest BCUT2D eigenvalue weighted by atomic mass is 10.1. The molecule has 0 aliphatic carbocycles. The highest BCUT2D eigenvalue weighted by atomic mass is 32.1. The predicted molar refractivity (Wildman–Crippen MR) is 65.4 cm³/mol. The van der Waals surface area contributed by atoms with Crippen molar-refractivity contribution in [3.63, 3.8) is 0 Å². The van der Waals surface area contributed by atoms with Crippen LogP contribution in [0, 0.1) is 0 Å². The van der Waals surface area contributed by atoms with Gasteiger partial charge in [-0.15, -0.1) is 0 Å². The first-order valence-electron chi connectivity index (χ1n) is 5.15. The summed E-state index contributed by atoms with van der Waals surface area (Å²) in [5.41, 5.74) is 5.34. The summed E-state index contributed by atoms with van der Waals surface area (Å²) in [5, 5.41) is 0. The van der Waals surface area contributed by atoms with Gasteiger partial charge in [0.05, 0.1) is 10.2 Å². The summed E-state index contributed by atoms with van der Waals surface area (Å²) in [5.74, 6) is 0. The summed E-state index contributed by atoms with van der Waals surface area (Å²) < 4.78 is 2.72. The summed E-state index contributed by atoms with van der Waals surface area (Å²) in [7, 11) is 0. The molecule has 1 N–H and O–H groups in total. The third kappa shape index (κ3) is 1.65. The molecule has 1 aromatic carbocycles. The quantitative estimate of drug-likeness (QED) is 0.863. The molecule has 1 heterocycles. The van der Waals surface area contributed by atoms with Gasteiger partial charge in [0.1, 0.15) is 0 Å². The largest absolute Gasteiger partial charge is 0.326 e. The maximum absolute atomic E-state index is 11.7. The lowest BCUT2D eigenvalue weighted by Crippen LogP contribution is -2.24. The van der Waals surface area contributed by atoms with E-state index in [1.54, 1.807) is 4.68 Å². The molecule has 0 aliphatic rings. The second-order valence-corrected chi connectivity index (χ2v) is 4.33. The molecule has 0 spiro atoms. The van der Waals surface area contributed by atoms with Crippen LogP contribution < -0.4 is 10.3 Å². The van der Waals surface area contributed by atoms with Crippen LogP contribution in [-0.4, -0.2) is 11.2 Å². The van der Waals surface area contributed by atoms with Crippen molar-refractivity contribution in [1.29, 1.82) is 0 Å². The Morgan fingerprint density at radius 3 is 2.87 bits per heavy atom. The highest BCUT2D eigenvalue weighted by Gasteiger charge is 2.09. The van der Waals surface area contributed by atoms with Gasteiger partial charge in [-0.25, -0.2) is 4.68 Å². The van der Waals surface area contributed by atoms with Gasteiger partial charge in [-0.3, -0.25) is 4.79 Å². The summed E-state index contributed by atoms with van der Waals surface area (Å²) in [6, 6.07) is 6.07. The Bertz CT molecular complexity index is 527. The fourth-order valence-corrected chi connectivity index (χ4v) is 2.62. The van der Waals surface area contributed by atoms with E-state index in [4.69, 9.17) is 0 Å². The molecule has 0 saturated carbocycles. The molecule has 2 aromatic rings. The monoisotopic (exact) mass is 222 g/mol. The molecule has 3 nitrogen and oxygen atoms in total. The third-order valence-electron chi connectivity index (χ3n) is 2.38. The average molecular weight is 222 g/mol. The molecular formula is C11H14N2OS. The number of hydrogen-bond donors (Lipinski definition) is 1. The molecule has 0 atom stereocenters. The van der Waals surface area contributed by atoms with Crippen molar-refractivity contribution in [1.82, 2.24) is 4.68 Å². The number of para-hydroxylation sites is 1. The minimum atomic E-state index is 0.0627. The van der Waals surface area contributed by atoms with Crippen LogP contribution in [-0.2, 0) is 6.42 Å². The van der Waals surface area contributed by atoms with Crippen LogP contribution >= 0.6 is 11.3 Å². The number of aromatic nitrogens is 1. The SMILES string of the molecule is CCNn1c(=O)sc2cccc(CC)c21. The number of hydrogen-bond acceptors (Lipinski definition) is 3. The van der Waals surface area contributed by atoms with Crippen LogP contribution in [0.25, 0.3) is 10.2 Å². The number of aryl methyl sites for hydroxylation is 1. The van der Waals surface area contributed by atoms with Crippen molar-refractivity contribution in [3.8, 4) is 0 Å². The minimum absolute atomic E-state index is 0.0627. The molecule has 0 aliphatic heterocycles. The first kappa shape index (κ1) is 10.2. The fraction of sp³-hybridized carbons (Fsp3) is 0.364. The average Bonchev–Trinajstić information content (AvgIpc) is 2.56. The molecule has 0 saturated heterocycles. The van der Waals surface area contributed by atoms with Crippen molar-refractivity contribution < 1.29 is 0 Å². The van der Waals surface area contributed by atoms with E-state index < -0.39 is 0 Å². The van der Waals surface area contributed by atoms with Crippen LogP contribution in [0.4, 0.5) is 0 Å². The Kier molecular flexibility index (Phi) is 2.77. The molecule has 80 valence electrons. The second-order valence-electron chi connectivity index (χ2n) is 3.33. The number of thiazole rings is 1. The molecule has 0 radical (unpaired) electrons. The first-order valence-corrected chi connectivity index (χ1v) is 5.97. The van der Waals surface area contributed by atoms with Gasteiger partial charge in [-0.05, 0) is 25.0 Å². The summed E-state index contributed by atoms with van der Waals surface area (Å²) in [6.07, 6.45) is 0.943. The summed E-state index contributed by atoms with van der Waals surface area (Å²) in [4.78, 5) is 11.8. The van der Waals surface area contributed by atoms with Crippen molar-refractivity contribution in [2.24, 2.45) is 0 Å². The molecular weight excluding hydrogens is 208 g/mol. The highest BCUT2D eigenvalue weighted by molar-refractivity contribution is 7.16. The number of nitrogens with one attached hydrogen (secondary N) is 1. The Balaban J connectivity index is 2.76. The van der Waals surface area contributed by atoms with Crippen LogP contribution in [0.3, 0.4) is 0 Å². The van der Waals surface area contributed by atoms with Crippen molar-refractivity contribution in [2.75, 3.05) is 12.0 Å². The van der Waals surface area contributed by atoms with E-state index in [0.717, 1.165) is 23.2 Å². The Labute approximate surface area is 92.3 Å². The molecule has 15 heavy (non-hydrogen) atoms. The molecule has 4 heteroatoms. The van der Waals surface area contributed by atoms with Gasteiger partial charge in [-0.1, -0.05) is 30.4 Å². The Morgan fingerprint density at radius 1 is 1.40 bits per heavy atom. The molecule has 2 rings (SSSR count). The standard InChI is InChI=1S/C11H14N2OS/c1-3-8-6-5-7-9-10(8)13(12-4-2)11(14)15-9/h5-7,12H,3-4H2,1-2H3. The van der Waals surface area contributed by atoms with Gasteiger partial charge < -0.3 is 5.43 Å². The summed E-state index contributed by atoms with van der Waals surface area (Å²) >= 11 is 1.29. The number of benzene rings is 1. The maximum Gasteiger partial charge on any atom is 0.326 e. The van der Waals surface area contributed by atoms with Gasteiger partial charge in [0.2, 0.25) is 0 Å². The van der Waals surface area contributed by atoms with Crippen LogP contribution in [0.2, 0.25) is 0 Å². The molecule has 0 unspecified atom stereocenters. The fourth-order valence-electron chi connectivity index (χ4n) is 1.72. The summed E-state index contributed by atoms with van der Waals surface area (Å²) in [6.45, 7) is 4.85. The van der Waals surface area contributed by atoms with E-state index in [1.807, 2.05) is 19.1 Å². The predicted octanol–water partition coefficient (Wildman–Crippen LogP) is 2.19. The van der Waals surface area contributed by atoms with Crippen LogP contribution in [0.1, 0.15) is 19.4 Å². The van der Waals surface area contributed by atoms with Gasteiger partial charge in [0.25, 0.3) is 0 Å². The van der Waals surface area contributed by atoms with E-state index in [1.165, 1.54) is 16.9 Å². The highest BCUT2D eigenvalue weighted by Crippen LogP contribution is 2.20. The van der Waals surface area contributed by atoms with Gasteiger partial charge in [0.15, 0.2) is 0 Å². The molecule has 1 aromatic heterocycles.